The number of hydrogen-bond acceptors (Lipinski definition) is 4. The molecule has 2 rings (SSSR count). The third kappa shape index (κ3) is 3.45. The average molecular weight is 330 g/mol. The van der Waals surface area contributed by atoms with Gasteiger partial charge in [0.2, 0.25) is 9.84 Å². The minimum absolute atomic E-state index is 0.0331. The molecule has 2 aromatic carbocycles. The van der Waals surface area contributed by atoms with Gasteiger partial charge in [0.05, 0.1) is 10.5 Å². The second-order valence-corrected chi connectivity index (χ2v) is 6.09. The molecule has 116 valence electrons. The number of carbonyl (C=O) groups excluding carboxylic acids is 1. The summed E-state index contributed by atoms with van der Waals surface area (Å²) in [6.07, 6.45) is 0. The highest BCUT2D eigenvalue weighted by Crippen LogP contribution is 2.20. The summed E-state index contributed by atoms with van der Waals surface area (Å²) in [5.74, 6) is -5.04. The Bertz CT molecular complexity index is 786. The Morgan fingerprint density at radius 1 is 1.05 bits per heavy atom. The summed E-state index contributed by atoms with van der Waals surface area (Å²) in [6, 6.07) is 8.70. The van der Waals surface area contributed by atoms with Crippen LogP contribution >= 0.6 is 0 Å². The van der Waals surface area contributed by atoms with Crippen molar-refractivity contribution in [3.8, 4) is 5.75 Å². The Kier molecular flexibility index (Phi) is 4.51. The van der Waals surface area contributed by atoms with Crippen LogP contribution in [0.15, 0.2) is 53.4 Å². The largest absolute Gasteiger partial charge is 0.423 e. The number of carbonyl (C=O) groups is 1. The van der Waals surface area contributed by atoms with Gasteiger partial charge in [-0.1, -0.05) is 6.07 Å². The van der Waals surface area contributed by atoms with Gasteiger partial charge in [0, 0.05) is 6.07 Å². The topological polar surface area (TPSA) is 60.4 Å². The Morgan fingerprint density at radius 3 is 2.23 bits per heavy atom. The van der Waals surface area contributed by atoms with E-state index < -0.39 is 32.3 Å². The number of esters is 1. The third-order valence-corrected chi connectivity index (χ3v) is 4.06. The predicted molar refractivity (Wildman–Crippen MR) is 71.0 cm³/mol. The van der Waals surface area contributed by atoms with E-state index in [1.165, 1.54) is 18.2 Å². The van der Waals surface area contributed by atoms with Crippen LogP contribution in [-0.4, -0.2) is 20.1 Å². The molecule has 0 spiro atoms. The van der Waals surface area contributed by atoms with Crippen LogP contribution in [0, 0.1) is 5.82 Å². The van der Waals surface area contributed by atoms with E-state index >= 15 is 0 Å². The lowest BCUT2D eigenvalue weighted by Crippen LogP contribution is -2.12. The summed E-state index contributed by atoms with van der Waals surface area (Å²) in [7, 11) is -4.72. The van der Waals surface area contributed by atoms with Gasteiger partial charge >= 0.3 is 11.7 Å². The van der Waals surface area contributed by atoms with Gasteiger partial charge in [-0.05, 0) is 36.4 Å². The molecule has 0 amide bonds. The van der Waals surface area contributed by atoms with E-state index in [2.05, 4.69) is 0 Å². The van der Waals surface area contributed by atoms with Crippen molar-refractivity contribution in [1.82, 2.24) is 0 Å². The first-order valence-electron chi connectivity index (χ1n) is 5.90. The van der Waals surface area contributed by atoms with Gasteiger partial charge in [0.15, 0.2) is 0 Å². The van der Waals surface area contributed by atoms with E-state index in [1.54, 1.807) is 0 Å². The molecule has 22 heavy (non-hydrogen) atoms. The fraction of sp³-hybridized carbons (Fsp3) is 0.0714. The standard InChI is InChI=1S/C14H9F3O4S/c15-10-2-1-3-11(8-10)21-13(18)9-4-6-12(7-5-9)22(19,20)14(16)17/h1-8,14H. The molecule has 8 heteroatoms. The van der Waals surface area contributed by atoms with Crippen LogP contribution in [0.3, 0.4) is 0 Å². The maximum absolute atomic E-state index is 13.0. The van der Waals surface area contributed by atoms with Gasteiger partial charge in [-0.15, -0.1) is 0 Å². The molecule has 0 aliphatic carbocycles. The SMILES string of the molecule is O=C(Oc1cccc(F)c1)c1ccc(S(=O)(=O)C(F)F)cc1. The number of halogens is 3. The maximum Gasteiger partial charge on any atom is 0.343 e. The summed E-state index contributed by atoms with van der Waals surface area (Å²) < 4.78 is 65.0. The maximum atomic E-state index is 13.0. The molecule has 0 atom stereocenters. The molecule has 0 saturated carbocycles. The molecule has 0 radical (unpaired) electrons. The van der Waals surface area contributed by atoms with Gasteiger partial charge in [-0.3, -0.25) is 0 Å². The zero-order chi connectivity index (χ0) is 16.3. The lowest BCUT2D eigenvalue weighted by molar-refractivity contribution is 0.0734. The summed E-state index contributed by atoms with van der Waals surface area (Å²) >= 11 is 0. The van der Waals surface area contributed by atoms with E-state index in [4.69, 9.17) is 4.74 Å². The van der Waals surface area contributed by atoms with Crippen molar-refractivity contribution in [1.29, 1.82) is 0 Å². The molecule has 0 aliphatic heterocycles. The number of hydrogen-bond donors (Lipinski definition) is 0. The van der Waals surface area contributed by atoms with Crippen LogP contribution in [-0.2, 0) is 9.84 Å². The molecule has 0 fully saturated rings. The highest BCUT2D eigenvalue weighted by molar-refractivity contribution is 7.91. The number of benzene rings is 2. The predicted octanol–water partition coefficient (Wildman–Crippen LogP) is 3.04. The third-order valence-electron chi connectivity index (χ3n) is 2.66. The lowest BCUT2D eigenvalue weighted by Gasteiger charge is -2.06. The monoisotopic (exact) mass is 330 g/mol. The molecule has 0 unspecified atom stereocenters. The molecule has 0 saturated heterocycles. The van der Waals surface area contributed by atoms with E-state index in [1.807, 2.05) is 0 Å². The second kappa shape index (κ2) is 6.18. The molecule has 2 aromatic rings. The summed E-state index contributed by atoms with van der Waals surface area (Å²) in [5.41, 5.74) is -0.0579. The van der Waals surface area contributed by atoms with Gasteiger partial charge in [0.1, 0.15) is 11.6 Å². The van der Waals surface area contributed by atoms with Gasteiger partial charge in [0.25, 0.3) is 0 Å². The van der Waals surface area contributed by atoms with Crippen LogP contribution in [0.5, 0.6) is 5.75 Å². The average Bonchev–Trinajstić information content (AvgIpc) is 2.47. The van der Waals surface area contributed by atoms with Crippen LogP contribution in [0.25, 0.3) is 0 Å². The summed E-state index contributed by atoms with van der Waals surface area (Å²) in [4.78, 5) is 11.2. The van der Waals surface area contributed by atoms with Crippen molar-refractivity contribution >= 4 is 15.8 Å². The fourth-order valence-corrected chi connectivity index (χ4v) is 2.30. The molecule has 0 heterocycles. The molecule has 0 N–H and O–H groups in total. The molecule has 0 aromatic heterocycles. The molecule has 4 nitrogen and oxygen atoms in total. The smallest absolute Gasteiger partial charge is 0.343 e. The Labute approximate surface area is 124 Å². The van der Waals surface area contributed by atoms with E-state index in [-0.39, 0.29) is 11.3 Å². The van der Waals surface area contributed by atoms with Crippen LogP contribution < -0.4 is 4.74 Å². The highest BCUT2D eigenvalue weighted by atomic mass is 32.2. The van der Waals surface area contributed by atoms with E-state index in [0.29, 0.717) is 0 Å². The minimum atomic E-state index is -4.72. The van der Waals surface area contributed by atoms with E-state index in [0.717, 1.165) is 30.3 Å². The van der Waals surface area contributed by atoms with Crippen LogP contribution in [0.4, 0.5) is 13.2 Å². The van der Waals surface area contributed by atoms with Crippen molar-refractivity contribution in [3.05, 3.63) is 59.9 Å². The highest BCUT2D eigenvalue weighted by Gasteiger charge is 2.26. The lowest BCUT2D eigenvalue weighted by atomic mass is 10.2. The fourth-order valence-electron chi connectivity index (χ4n) is 1.58. The summed E-state index contributed by atoms with van der Waals surface area (Å²) in [5, 5.41) is 0. The molecular formula is C14H9F3O4S. The normalized spacial score (nSPS) is 11.5. The van der Waals surface area contributed by atoms with Gasteiger partial charge in [-0.2, -0.15) is 8.78 Å². The number of alkyl halides is 2. The van der Waals surface area contributed by atoms with Crippen molar-refractivity contribution in [2.24, 2.45) is 0 Å². The Balaban J connectivity index is 2.19. The van der Waals surface area contributed by atoms with Crippen molar-refractivity contribution in [2.75, 3.05) is 0 Å². The minimum Gasteiger partial charge on any atom is -0.423 e. The number of ether oxygens (including phenoxy) is 1. The van der Waals surface area contributed by atoms with Crippen molar-refractivity contribution in [3.63, 3.8) is 0 Å². The van der Waals surface area contributed by atoms with Crippen LogP contribution in [0.2, 0.25) is 0 Å². The van der Waals surface area contributed by atoms with Crippen molar-refractivity contribution < 1.29 is 31.1 Å². The number of rotatable bonds is 4. The first-order chi connectivity index (χ1) is 10.3. The molecular weight excluding hydrogens is 321 g/mol. The zero-order valence-electron chi connectivity index (χ0n) is 10.9. The van der Waals surface area contributed by atoms with Gasteiger partial charge in [-0.25, -0.2) is 17.6 Å². The molecule has 0 bridgehead atoms. The second-order valence-electron chi connectivity index (χ2n) is 4.18. The summed E-state index contributed by atoms with van der Waals surface area (Å²) in [6.45, 7) is 0. The first kappa shape index (κ1) is 16.0. The van der Waals surface area contributed by atoms with Crippen LogP contribution in [0.1, 0.15) is 10.4 Å². The molecule has 0 aliphatic rings. The van der Waals surface area contributed by atoms with Crippen molar-refractivity contribution in [2.45, 2.75) is 10.7 Å². The Hall–Kier alpha value is -2.35. The first-order valence-corrected chi connectivity index (χ1v) is 7.45. The zero-order valence-corrected chi connectivity index (χ0v) is 11.7. The van der Waals surface area contributed by atoms with E-state index in [9.17, 15) is 26.4 Å². The quantitative estimate of drug-likeness (QED) is 0.639. The number of sulfone groups is 1. The van der Waals surface area contributed by atoms with Gasteiger partial charge < -0.3 is 4.74 Å². The Morgan fingerprint density at radius 2 is 1.68 bits per heavy atom.